The molecule has 0 spiro atoms. The number of hydrogen-bond donors (Lipinski definition) is 2. The molecule has 198 valence electrons. The smallest absolute Gasteiger partial charge is 0.419 e. The molecule has 0 saturated carbocycles. The predicted molar refractivity (Wildman–Crippen MR) is 139 cm³/mol. The molecule has 1 aliphatic rings. The minimum Gasteiger partial charge on any atom is -0.480 e. The van der Waals surface area contributed by atoms with E-state index in [4.69, 9.17) is 11.7 Å². The molecule has 2 N–H and O–H groups in total. The lowest BCUT2D eigenvalue weighted by atomic mass is 9.91. The second-order valence-corrected chi connectivity index (χ2v) is 9.32. The highest BCUT2D eigenvalue weighted by molar-refractivity contribution is 5.86. The molecule has 10 heteroatoms. The summed E-state index contributed by atoms with van der Waals surface area (Å²) in [6, 6.07) is 16.2. The van der Waals surface area contributed by atoms with Crippen LogP contribution in [0.15, 0.2) is 66.2 Å². The van der Waals surface area contributed by atoms with Crippen LogP contribution >= 0.6 is 0 Å². The number of nitrogens with zero attached hydrogens (tertiary/aromatic N) is 3. The lowest BCUT2D eigenvalue weighted by molar-refractivity contribution is -0.140. The Hall–Kier alpha value is -4.49. The number of aliphatic carboxylic acids is 1. The number of likely N-dealkylation sites (tertiary alicyclic amines) is 1. The van der Waals surface area contributed by atoms with Gasteiger partial charge in [0.2, 0.25) is 0 Å². The molecule has 0 radical (unpaired) electrons. The molecular weight excluding hydrogens is 512 g/mol. The van der Waals surface area contributed by atoms with Crippen molar-refractivity contribution in [2.75, 3.05) is 19.6 Å². The molecular formula is C29H22F4N4O2. The van der Waals surface area contributed by atoms with Crippen LogP contribution in [-0.2, 0) is 11.0 Å². The maximum atomic E-state index is 14.3. The van der Waals surface area contributed by atoms with E-state index in [2.05, 4.69) is 14.8 Å². The molecule has 0 bridgehead atoms. The number of hydrogen-bond acceptors (Lipinski definition) is 3. The first-order valence-corrected chi connectivity index (χ1v) is 12.1. The van der Waals surface area contributed by atoms with Crippen molar-refractivity contribution in [2.45, 2.75) is 19.0 Å². The number of piperidine rings is 1. The van der Waals surface area contributed by atoms with Gasteiger partial charge in [0.15, 0.2) is 5.69 Å². The molecule has 0 aliphatic carbocycles. The van der Waals surface area contributed by atoms with Gasteiger partial charge >= 0.3 is 12.1 Å². The summed E-state index contributed by atoms with van der Waals surface area (Å²) in [7, 11) is 0. The average Bonchev–Trinajstić information content (AvgIpc) is 3.31. The number of aromatic amines is 1. The van der Waals surface area contributed by atoms with Gasteiger partial charge in [-0.25, -0.2) is 14.2 Å². The van der Waals surface area contributed by atoms with Crippen LogP contribution in [0.5, 0.6) is 0 Å². The van der Waals surface area contributed by atoms with E-state index < -0.39 is 23.5 Å². The maximum Gasteiger partial charge on any atom is 0.419 e. The molecule has 2 heterocycles. The van der Waals surface area contributed by atoms with Gasteiger partial charge in [-0.3, -0.25) is 9.69 Å². The molecule has 5 rings (SSSR count). The average molecular weight is 535 g/mol. The topological polar surface area (TPSA) is 73.6 Å². The van der Waals surface area contributed by atoms with Crippen molar-refractivity contribution in [1.82, 2.24) is 14.9 Å². The summed E-state index contributed by atoms with van der Waals surface area (Å²) in [6.07, 6.45) is -3.77. The highest BCUT2D eigenvalue weighted by Gasteiger charge is 2.35. The Morgan fingerprint density at radius 3 is 2.41 bits per heavy atom. The van der Waals surface area contributed by atoms with E-state index in [-0.39, 0.29) is 17.6 Å². The molecule has 0 atom stereocenters. The van der Waals surface area contributed by atoms with Crippen molar-refractivity contribution in [3.63, 3.8) is 0 Å². The van der Waals surface area contributed by atoms with Gasteiger partial charge in [-0.1, -0.05) is 48.0 Å². The zero-order valence-corrected chi connectivity index (χ0v) is 20.5. The third kappa shape index (κ3) is 5.54. The quantitative estimate of drug-likeness (QED) is 0.215. The first-order valence-electron chi connectivity index (χ1n) is 12.1. The third-order valence-electron chi connectivity index (χ3n) is 6.77. The molecule has 1 fully saturated rings. The lowest BCUT2D eigenvalue weighted by Gasteiger charge is -2.28. The monoisotopic (exact) mass is 534 g/mol. The summed E-state index contributed by atoms with van der Waals surface area (Å²) in [6.45, 7) is 8.17. The number of carboxylic acids is 1. The predicted octanol–water partition coefficient (Wildman–Crippen LogP) is 6.92. The van der Waals surface area contributed by atoms with Crippen LogP contribution in [0.25, 0.3) is 32.6 Å². The largest absolute Gasteiger partial charge is 0.480 e. The standard InChI is InChI=1S/C29H22F4N4O2/c1-34-21-4-2-3-20(13-21)17-5-7-18(8-6-17)27(19-9-11-37(12-10-19)16-26(38)39)28-35-24-14-22(29(31,32)33)23(30)15-25(24)36-28/h2-8,13-15H,9-12,16H2,(H,35,36)(H,38,39). The van der Waals surface area contributed by atoms with Crippen molar-refractivity contribution in [3.8, 4) is 11.1 Å². The normalized spacial score (nSPS) is 14.4. The minimum atomic E-state index is -4.85. The Bertz CT molecular complexity index is 1620. The van der Waals surface area contributed by atoms with E-state index in [0.29, 0.717) is 43.0 Å². The van der Waals surface area contributed by atoms with Gasteiger partial charge in [0.1, 0.15) is 11.6 Å². The third-order valence-corrected chi connectivity index (χ3v) is 6.77. The van der Waals surface area contributed by atoms with E-state index in [1.165, 1.54) is 0 Å². The highest BCUT2D eigenvalue weighted by Crippen LogP contribution is 2.36. The molecule has 6 nitrogen and oxygen atoms in total. The molecule has 3 aromatic carbocycles. The van der Waals surface area contributed by atoms with Crippen molar-refractivity contribution in [1.29, 1.82) is 0 Å². The Labute approximate surface area is 221 Å². The second kappa shape index (κ2) is 10.3. The second-order valence-electron chi connectivity index (χ2n) is 9.32. The van der Waals surface area contributed by atoms with Crippen molar-refractivity contribution < 1.29 is 27.5 Å². The summed E-state index contributed by atoms with van der Waals surface area (Å²) in [5.41, 5.74) is 3.45. The Morgan fingerprint density at radius 1 is 1.05 bits per heavy atom. The highest BCUT2D eigenvalue weighted by atomic mass is 19.4. The molecule has 0 unspecified atom stereocenters. The number of halogens is 4. The van der Waals surface area contributed by atoms with Crippen molar-refractivity contribution in [3.05, 3.63) is 100 Å². The number of alkyl halides is 3. The van der Waals surface area contributed by atoms with E-state index in [1.54, 1.807) is 18.2 Å². The molecule has 4 aromatic rings. The zero-order valence-electron chi connectivity index (χ0n) is 20.5. The van der Waals surface area contributed by atoms with Gasteiger partial charge in [-0.05, 0) is 41.7 Å². The van der Waals surface area contributed by atoms with Crippen LogP contribution in [0.2, 0.25) is 0 Å². The number of carboxylic acid groups (broad SMARTS) is 1. The minimum absolute atomic E-state index is 0.0627. The Morgan fingerprint density at radius 2 is 1.77 bits per heavy atom. The summed E-state index contributed by atoms with van der Waals surface area (Å²) < 4.78 is 54.2. The summed E-state index contributed by atoms with van der Waals surface area (Å²) in [5, 5.41) is 9.14. The van der Waals surface area contributed by atoms with Crippen LogP contribution in [-0.4, -0.2) is 45.6 Å². The van der Waals surface area contributed by atoms with Crippen molar-refractivity contribution >= 4 is 28.3 Å². The van der Waals surface area contributed by atoms with Gasteiger partial charge in [0, 0.05) is 24.7 Å². The number of carbonyl (C=O) groups is 1. The van der Waals surface area contributed by atoms with Gasteiger partial charge in [0.05, 0.1) is 29.7 Å². The van der Waals surface area contributed by atoms with Crippen LogP contribution in [0.3, 0.4) is 0 Å². The summed E-state index contributed by atoms with van der Waals surface area (Å²) in [4.78, 5) is 23.8. The fraction of sp³-hybridized carbons (Fsp3) is 0.207. The van der Waals surface area contributed by atoms with Gasteiger partial charge < -0.3 is 10.1 Å². The first-order chi connectivity index (χ1) is 18.6. The van der Waals surface area contributed by atoms with Crippen molar-refractivity contribution in [2.24, 2.45) is 0 Å². The van der Waals surface area contributed by atoms with Gasteiger partial charge in [0.25, 0.3) is 0 Å². The van der Waals surface area contributed by atoms with Crippen LogP contribution in [0.1, 0.15) is 29.8 Å². The molecule has 1 aliphatic heterocycles. The van der Waals surface area contributed by atoms with E-state index in [9.17, 15) is 22.4 Å². The Balaban J connectivity index is 1.58. The number of nitrogens with one attached hydrogen (secondary N) is 1. The number of benzene rings is 3. The summed E-state index contributed by atoms with van der Waals surface area (Å²) in [5.74, 6) is -2.00. The van der Waals surface area contributed by atoms with E-state index in [0.717, 1.165) is 34.4 Å². The number of aromatic nitrogens is 2. The molecule has 1 aromatic heterocycles. The maximum absolute atomic E-state index is 14.3. The number of fused-ring (bicyclic) bond motifs is 1. The SMILES string of the molecule is [C-]#[N+]c1cccc(-c2ccc(C(=C3CCN(CC(=O)O)CC3)c3nc4cc(F)c(C(F)(F)F)cc4[nH]3)cc2)c1. The number of imidazole rings is 1. The number of H-pyrrole nitrogens is 1. The molecule has 39 heavy (non-hydrogen) atoms. The lowest BCUT2D eigenvalue weighted by Crippen LogP contribution is -2.35. The first kappa shape index (κ1) is 26.1. The van der Waals surface area contributed by atoms with Crippen LogP contribution < -0.4 is 0 Å². The van der Waals surface area contributed by atoms with E-state index in [1.807, 2.05) is 35.2 Å². The van der Waals surface area contributed by atoms with Gasteiger partial charge in [-0.2, -0.15) is 13.2 Å². The molecule has 0 amide bonds. The fourth-order valence-electron chi connectivity index (χ4n) is 4.88. The number of rotatable bonds is 5. The fourth-order valence-corrected chi connectivity index (χ4v) is 4.88. The summed E-state index contributed by atoms with van der Waals surface area (Å²) >= 11 is 0. The Kier molecular flexibility index (Phi) is 6.93. The van der Waals surface area contributed by atoms with E-state index >= 15 is 0 Å². The van der Waals surface area contributed by atoms with Gasteiger partial charge in [-0.15, -0.1) is 0 Å². The zero-order chi connectivity index (χ0) is 27.7. The van der Waals surface area contributed by atoms with Crippen LogP contribution in [0, 0.1) is 12.4 Å². The van der Waals surface area contributed by atoms with Crippen LogP contribution in [0.4, 0.5) is 23.2 Å². The molecule has 1 saturated heterocycles.